The molecule has 1 heterocycles. The summed E-state index contributed by atoms with van der Waals surface area (Å²) in [4.78, 5) is 7.25. The van der Waals surface area contributed by atoms with Crippen molar-refractivity contribution in [3.05, 3.63) is 212 Å². The summed E-state index contributed by atoms with van der Waals surface area (Å²) >= 11 is 0. The van der Waals surface area contributed by atoms with Crippen LogP contribution in [0.4, 0.5) is 45.5 Å². The van der Waals surface area contributed by atoms with E-state index >= 15 is 0 Å². The maximum absolute atomic E-state index is 2.44. The number of nitrogens with zero attached hydrogens (tertiary/aromatic N) is 3. The lowest BCUT2D eigenvalue weighted by Crippen LogP contribution is -2.57. The Labute approximate surface area is 333 Å². The van der Waals surface area contributed by atoms with E-state index in [2.05, 4.69) is 234 Å². The van der Waals surface area contributed by atoms with Crippen LogP contribution in [0.5, 0.6) is 0 Å². The fourth-order valence-corrected chi connectivity index (χ4v) is 9.37. The van der Waals surface area contributed by atoms with E-state index in [1.807, 2.05) is 0 Å². The highest BCUT2D eigenvalue weighted by atomic mass is 15.2. The monoisotopic (exact) mass is 727 g/mol. The van der Waals surface area contributed by atoms with Crippen LogP contribution in [0.1, 0.15) is 0 Å². The highest BCUT2D eigenvalue weighted by Gasteiger charge is 2.36. The van der Waals surface area contributed by atoms with Gasteiger partial charge in [0.1, 0.15) is 0 Å². The summed E-state index contributed by atoms with van der Waals surface area (Å²) in [5, 5.41) is 7.50. The van der Waals surface area contributed by atoms with Gasteiger partial charge in [0.15, 0.2) is 0 Å². The highest BCUT2D eigenvalue weighted by Crippen LogP contribution is 2.50. The molecule has 57 heavy (non-hydrogen) atoms. The van der Waals surface area contributed by atoms with Crippen molar-refractivity contribution in [2.24, 2.45) is 0 Å². The third-order valence-corrected chi connectivity index (χ3v) is 11.8. The molecule has 268 valence electrons. The third kappa shape index (κ3) is 5.29. The molecule has 1 aliphatic heterocycles. The Balaban J connectivity index is 1.30. The molecule has 10 aromatic carbocycles. The normalized spacial score (nSPS) is 12.2. The Bertz CT molecular complexity index is 2850. The molecule has 0 amide bonds. The summed E-state index contributed by atoms with van der Waals surface area (Å²) in [6, 6.07) is 77.5. The maximum atomic E-state index is 2.44. The molecule has 0 N–H and O–H groups in total. The second kappa shape index (κ2) is 13.5. The lowest BCUT2D eigenvalue weighted by atomic mass is 9.34. The van der Waals surface area contributed by atoms with Gasteiger partial charge in [0.05, 0.1) is 11.4 Å². The molecule has 0 aliphatic carbocycles. The predicted molar refractivity (Wildman–Crippen MR) is 245 cm³/mol. The standard InChI is InChI=1S/C53H38BN3/c1-55-47-30-18-17-29-46(47)54(38-19-7-2-8-20-38)53-45-34-33-44-49(57(41-25-13-5-14-26-41)42-27-15-6-16-28-42)36-48(43-32-31-37(35-50(53)55)51(45)52(43)44)56(39-21-9-3-10-22-39)40-23-11-4-12-24-40/h2-36H,1H3. The van der Waals surface area contributed by atoms with Crippen molar-refractivity contribution >= 4 is 101 Å². The molecule has 4 heteroatoms. The van der Waals surface area contributed by atoms with Gasteiger partial charge in [0.2, 0.25) is 6.71 Å². The molecule has 0 aromatic heterocycles. The van der Waals surface area contributed by atoms with Crippen molar-refractivity contribution in [3.63, 3.8) is 0 Å². The van der Waals surface area contributed by atoms with Crippen LogP contribution in [0, 0.1) is 0 Å². The van der Waals surface area contributed by atoms with E-state index in [-0.39, 0.29) is 6.71 Å². The smallest absolute Gasteiger partial charge is 0.247 e. The second-order valence-corrected chi connectivity index (χ2v) is 14.9. The van der Waals surface area contributed by atoms with Crippen molar-refractivity contribution in [2.45, 2.75) is 0 Å². The number of fused-ring (bicyclic) bond motifs is 3. The Morgan fingerprint density at radius 2 is 0.825 bits per heavy atom. The van der Waals surface area contributed by atoms with Crippen LogP contribution in [-0.4, -0.2) is 13.8 Å². The maximum Gasteiger partial charge on any atom is 0.247 e. The SMILES string of the molecule is CN1c2ccccc2B(c2ccccc2)c2c1cc1ccc3c(N(c4ccccc4)c4ccccc4)cc(N(c4ccccc4)c4ccccc4)c4ccc2c1c34. The Morgan fingerprint density at radius 3 is 1.35 bits per heavy atom. The van der Waals surface area contributed by atoms with E-state index < -0.39 is 0 Å². The predicted octanol–water partition coefficient (Wildman–Crippen LogP) is 12.1. The number of anilines is 8. The molecule has 10 aromatic rings. The molecule has 0 saturated carbocycles. The van der Waals surface area contributed by atoms with Crippen LogP contribution >= 0.6 is 0 Å². The molecule has 3 nitrogen and oxygen atoms in total. The average Bonchev–Trinajstić information content (AvgIpc) is 3.28. The Kier molecular flexibility index (Phi) is 7.82. The third-order valence-electron chi connectivity index (χ3n) is 11.8. The molecule has 0 radical (unpaired) electrons. The van der Waals surface area contributed by atoms with E-state index in [0.717, 1.165) is 34.1 Å². The molecule has 0 spiro atoms. The van der Waals surface area contributed by atoms with Gasteiger partial charge >= 0.3 is 0 Å². The zero-order chi connectivity index (χ0) is 37.9. The summed E-state index contributed by atoms with van der Waals surface area (Å²) in [5.74, 6) is 0. The van der Waals surface area contributed by atoms with Crippen molar-refractivity contribution < 1.29 is 0 Å². The van der Waals surface area contributed by atoms with Crippen LogP contribution in [0.15, 0.2) is 212 Å². The first kappa shape index (κ1) is 33.1. The minimum absolute atomic E-state index is 0.0763. The quantitative estimate of drug-likeness (QED) is 0.120. The summed E-state index contributed by atoms with van der Waals surface area (Å²) in [6.07, 6.45) is 0. The van der Waals surface area contributed by atoms with Crippen LogP contribution in [-0.2, 0) is 0 Å². The number of rotatable bonds is 7. The van der Waals surface area contributed by atoms with Gasteiger partial charge < -0.3 is 14.7 Å². The minimum Gasteiger partial charge on any atom is -0.345 e. The molecular formula is C53H38BN3. The van der Waals surface area contributed by atoms with Gasteiger partial charge in [-0.1, -0.05) is 151 Å². The largest absolute Gasteiger partial charge is 0.345 e. The first-order valence-electron chi connectivity index (χ1n) is 19.7. The van der Waals surface area contributed by atoms with Crippen molar-refractivity contribution in [3.8, 4) is 0 Å². The highest BCUT2D eigenvalue weighted by molar-refractivity contribution is 6.99. The van der Waals surface area contributed by atoms with Crippen molar-refractivity contribution in [1.29, 1.82) is 0 Å². The van der Waals surface area contributed by atoms with Gasteiger partial charge in [0.25, 0.3) is 0 Å². The molecule has 1 aliphatic rings. The first-order valence-corrected chi connectivity index (χ1v) is 19.7. The fourth-order valence-electron chi connectivity index (χ4n) is 9.37. The van der Waals surface area contributed by atoms with E-state index in [9.17, 15) is 0 Å². The molecule has 0 atom stereocenters. The Hall–Kier alpha value is -7.30. The first-order chi connectivity index (χ1) is 28.2. The second-order valence-electron chi connectivity index (χ2n) is 14.9. The topological polar surface area (TPSA) is 9.72 Å². The average molecular weight is 728 g/mol. The van der Waals surface area contributed by atoms with Gasteiger partial charge in [-0.3, -0.25) is 0 Å². The minimum atomic E-state index is 0.0763. The van der Waals surface area contributed by atoms with Gasteiger partial charge in [0, 0.05) is 57.3 Å². The van der Waals surface area contributed by atoms with E-state index in [4.69, 9.17) is 0 Å². The number of benzene rings is 10. The van der Waals surface area contributed by atoms with Crippen molar-refractivity contribution in [2.75, 3.05) is 21.7 Å². The summed E-state index contributed by atoms with van der Waals surface area (Å²) in [7, 11) is 2.22. The van der Waals surface area contributed by atoms with Gasteiger partial charge in [-0.25, -0.2) is 0 Å². The zero-order valence-electron chi connectivity index (χ0n) is 31.6. The Morgan fingerprint density at radius 1 is 0.386 bits per heavy atom. The summed E-state index contributed by atoms with van der Waals surface area (Å²) in [6.45, 7) is 0.0763. The molecule has 0 fully saturated rings. The zero-order valence-corrected chi connectivity index (χ0v) is 31.6. The fraction of sp³-hybridized carbons (Fsp3) is 0.0189. The molecule has 0 bridgehead atoms. The van der Waals surface area contributed by atoms with Crippen LogP contribution in [0.25, 0.3) is 32.3 Å². The number of para-hydroxylation sites is 5. The molecule has 0 unspecified atom stereocenters. The number of hydrogen-bond donors (Lipinski definition) is 0. The van der Waals surface area contributed by atoms with Crippen LogP contribution in [0.3, 0.4) is 0 Å². The van der Waals surface area contributed by atoms with Crippen LogP contribution in [0.2, 0.25) is 0 Å². The molecule has 11 rings (SSSR count). The number of hydrogen-bond acceptors (Lipinski definition) is 3. The molecule has 0 saturated heterocycles. The van der Waals surface area contributed by atoms with Gasteiger partial charge in [-0.15, -0.1) is 0 Å². The lowest BCUT2D eigenvalue weighted by molar-refractivity contribution is 1.22. The van der Waals surface area contributed by atoms with Gasteiger partial charge in [-0.2, -0.15) is 0 Å². The van der Waals surface area contributed by atoms with Crippen molar-refractivity contribution in [1.82, 2.24) is 0 Å². The van der Waals surface area contributed by atoms with Gasteiger partial charge in [-0.05, 0) is 93.8 Å². The summed E-state index contributed by atoms with van der Waals surface area (Å²) in [5.41, 5.74) is 13.2. The van der Waals surface area contributed by atoms with E-state index in [1.165, 1.54) is 60.1 Å². The lowest BCUT2D eigenvalue weighted by Gasteiger charge is -2.36. The van der Waals surface area contributed by atoms with E-state index in [0.29, 0.717) is 0 Å². The van der Waals surface area contributed by atoms with E-state index in [1.54, 1.807) is 0 Å². The summed E-state index contributed by atoms with van der Waals surface area (Å²) < 4.78 is 0. The van der Waals surface area contributed by atoms with Crippen LogP contribution < -0.4 is 31.1 Å². The molecular weight excluding hydrogens is 689 g/mol.